The Morgan fingerprint density at radius 1 is 1.06 bits per heavy atom. The van der Waals surface area contributed by atoms with Crippen molar-refractivity contribution in [1.82, 2.24) is 24.5 Å². The summed E-state index contributed by atoms with van der Waals surface area (Å²) in [4.78, 5) is 16.6. The molecule has 1 amide bonds. The topological polar surface area (TPSA) is 86.9 Å². The van der Waals surface area contributed by atoms with E-state index in [1.54, 1.807) is 33.8 Å². The van der Waals surface area contributed by atoms with Gasteiger partial charge in [-0.3, -0.25) is 10.1 Å². The summed E-state index contributed by atoms with van der Waals surface area (Å²) in [6.07, 6.45) is 3.18. The van der Waals surface area contributed by atoms with Gasteiger partial charge in [-0.15, -0.1) is 5.10 Å². The third kappa shape index (κ3) is 5.27. The Morgan fingerprint density at radius 2 is 1.91 bits per heavy atom. The fraction of sp³-hybridized carbons (Fsp3) is 0.182. The van der Waals surface area contributed by atoms with Crippen LogP contribution in [0.4, 0.5) is 5.95 Å². The Morgan fingerprint density at radius 3 is 2.69 bits per heavy atom. The smallest absolute Gasteiger partial charge is 0.278 e. The van der Waals surface area contributed by atoms with Crippen molar-refractivity contribution in [3.63, 3.8) is 0 Å². The highest BCUT2D eigenvalue weighted by Gasteiger charge is 2.13. The molecule has 2 aromatic carbocycles. The maximum atomic E-state index is 12.5. The molecule has 1 N–H and O–H groups in total. The molecule has 4 aromatic rings. The summed E-state index contributed by atoms with van der Waals surface area (Å²) in [5.41, 5.74) is 3.27. The summed E-state index contributed by atoms with van der Waals surface area (Å²) < 4.78 is 8.90. The second kappa shape index (κ2) is 9.42. The molecule has 0 aliphatic rings. The van der Waals surface area contributed by atoms with Gasteiger partial charge in [0.2, 0.25) is 5.95 Å². The zero-order valence-electron chi connectivity index (χ0n) is 17.4. The second-order valence-electron chi connectivity index (χ2n) is 7.24. The van der Waals surface area contributed by atoms with E-state index >= 15 is 0 Å². The minimum absolute atomic E-state index is 0.168. The van der Waals surface area contributed by atoms with Gasteiger partial charge >= 0.3 is 0 Å². The lowest BCUT2D eigenvalue weighted by molar-refractivity contribution is 0.101. The number of amides is 1. The van der Waals surface area contributed by atoms with Crippen molar-refractivity contribution < 1.29 is 9.53 Å². The third-order valence-electron chi connectivity index (χ3n) is 4.67. The molecular weight excluding hydrogens is 451 g/mol. The number of hydrogen-bond acceptors (Lipinski definition) is 5. The molecule has 0 spiro atoms. The van der Waals surface area contributed by atoms with Crippen LogP contribution < -0.4 is 10.1 Å². The summed E-state index contributed by atoms with van der Waals surface area (Å²) in [6.45, 7) is 4.59. The molecule has 164 valence electrons. The largest absolute Gasteiger partial charge is 0.471 e. The van der Waals surface area contributed by atoms with Gasteiger partial charge in [-0.25, -0.2) is 14.3 Å². The summed E-state index contributed by atoms with van der Waals surface area (Å²) >= 11 is 12.1. The van der Waals surface area contributed by atoms with Gasteiger partial charge in [0.25, 0.3) is 5.91 Å². The molecule has 0 unspecified atom stereocenters. The average Bonchev–Trinajstić information content (AvgIpc) is 3.39. The first-order valence-corrected chi connectivity index (χ1v) is 10.5. The van der Waals surface area contributed by atoms with Gasteiger partial charge in [0.1, 0.15) is 12.1 Å². The molecule has 0 saturated carbocycles. The molecule has 0 fully saturated rings. The van der Waals surface area contributed by atoms with Crippen LogP contribution in [0.1, 0.15) is 27.2 Å². The highest BCUT2D eigenvalue weighted by Crippen LogP contribution is 2.22. The number of carbonyl (C=O) groups excluding carboxylic acids is 1. The zero-order valence-corrected chi connectivity index (χ0v) is 18.9. The number of halogens is 2. The molecule has 2 heterocycles. The predicted molar refractivity (Wildman–Crippen MR) is 122 cm³/mol. The van der Waals surface area contributed by atoms with E-state index in [9.17, 15) is 4.79 Å². The summed E-state index contributed by atoms with van der Waals surface area (Å²) in [5.74, 6) is 0.520. The number of nitrogens with zero attached hydrogens (tertiary/aromatic N) is 5. The van der Waals surface area contributed by atoms with Gasteiger partial charge < -0.3 is 4.74 Å². The normalized spacial score (nSPS) is 10.9. The van der Waals surface area contributed by atoms with Crippen molar-refractivity contribution in [3.05, 3.63) is 87.4 Å². The van der Waals surface area contributed by atoms with Crippen LogP contribution >= 0.6 is 23.2 Å². The van der Waals surface area contributed by atoms with Crippen LogP contribution in [0.15, 0.2) is 55.0 Å². The van der Waals surface area contributed by atoms with Crippen LogP contribution in [-0.4, -0.2) is 30.5 Å². The van der Waals surface area contributed by atoms with E-state index in [4.69, 9.17) is 27.9 Å². The minimum Gasteiger partial charge on any atom is -0.471 e. The Kier molecular flexibility index (Phi) is 6.43. The summed E-state index contributed by atoms with van der Waals surface area (Å²) in [5, 5.41) is 12.2. The van der Waals surface area contributed by atoms with Gasteiger partial charge in [-0.1, -0.05) is 47.0 Å². The van der Waals surface area contributed by atoms with Crippen molar-refractivity contribution in [1.29, 1.82) is 0 Å². The lowest BCUT2D eigenvalue weighted by Crippen LogP contribution is -2.15. The average molecular weight is 471 g/mol. The number of anilines is 1. The molecular formula is C22H20Cl2N6O2. The van der Waals surface area contributed by atoms with E-state index in [0.29, 0.717) is 16.6 Å². The molecule has 0 aliphatic heterocycles. The Bertz CT molecular complexity index is 1270. The molecule has 0 aliphatic carbocycles. The fourth-order valence-corrected chi connectivity index (χ4v) is 3.54. The first-order valence-electron chi connectivity index (χ1n) is 9.75. The van der Waals surface area contributed by atoms with Crippen LogP contribution in [0.2, 0.25) is 10.0 Å². The van der Waals surface area contributed by atoms with Crippen LogP contribution in [0, 0.1) is 13.8 Å². The van der Waals surface area contributed by atoms with Crippen molar-refractivity contribution in [2.75, 3.05) is 5.32 Å². The fourth-order valence-electron chi connectivity index (χ4n) is 3.07. The maximum Gasteiger partial charge on any atom is 0.278 e. The SMILES string of the molecule is Cc1ccc(OCn2ccc(C(=O)Nc3ncn(Cc4ccc(Cl)cc4Cl)n3)n2)c(C)c1. The molecule has 10 heteroatoms. The highest BCUT2D eigenvalue weighted by atomic mass is 35.5. The summed E-state index contributed by atoms with van der Waals surface area (Å²) in [6, 6.07) is 12.8. The monoisotopic (exact) mass is 470 g/mol. The van der Waals surface area contributed by atoms with Gasteiger partial charge in [-0.2, -0.15) is 5.10 Å². The van der Waals surface area contributed by atoms with Crippen molar-refractivity contribution in [2.45, 2.75) is 27.1 Å². The minimum atomic E-state index is -0.419. The van der Waals surface area contributed by atoms with Crippen LogP contribution in [0.25, 0.3) is 0 Å². The van der Waals surface area contributed by atoms with E-state index in [-0.39, 0.29) is 18.4 Å². The van der Waals surface area contributed by atoms with Gasteiger partial charge in [0.05, 0.1) is 6.54 Å². The van der Waals surface area contributed by atoms with E-state index in [2.05, 4.69) is 20.5 Å². The lowest BCUT2D eigenvalue weighted by atomic mass is 10.1. The Hall–Kier alpha value is -3.36. The van der Waals surface area contributed by atoms with Crippen molar-refractivity contribution in [3.8, 4) is 5.75 Å². The molecule has 8 nitrogen and oxygen atoms in total. The second-order valence-corrected chi connectivity index (χ2v) is 8.08. The van der Waals surface area contributed by atoms with E-state index in [1.807, 2.05) is 38.1 Å². The van der Waals surface area contributed by atoms with Crippen LogP contribution in [-0.2, 0) is 13.3 Å². The first-order chi connectivity index (χ1) is 15.4. The number of nitrogens with one attached hydrogen (secondary N) is 1. The predicted octanol–water partition coefficient (Wildman–Crippen LogP) is 4.74. The van der Waals surface area contributed by atoms with Crippen molar-refractivity contribution in [2.24, 2.45) is 0 Å². The molecule has 2 aromatic heterocycles. The van der Waals surface area contributed by atoms with Gasteiger partial charge in [0.15, 0.2) is 12.4 Å². The molecule has 32 heavy (non-hydrogen) atoms. The van der Waals surface area contributed by atoms with Gasteiger partial charge in [0, 0.05) is 16.2 Å². The van der Waals surface area contributed by atoms with E-state index in [0.717, 1.165) is 16.9 Å². The van der Waals surface area contributed by atoms with Crippen molar-refractivity contribution >= 4 is 35.1 Å². The quantitative estimate of drug-likeness (QED) is 0.421. The number of ether oxygens (including phenoxy) is 1. The number of aryl methyl sites for hydroxylation is 2. The number of rotatable bonds is 7. The highest BCUT2D eigenvalue weighted by molar-refractivity contribution is 6.35. The van der Waals surface area contributed by atoms with E-state index in [1.165, 1.54) is 11.9 Å². The van der Waals surface area contributed by atoms with Crippen LogP contribution in [0.5, 0.6) is 5.75 Å². The lowest BCUT2D eigenvalue weighted by Gasteiger charge is -2.09. The molecule has 0 radical (unpaired) electrons. The van der Waals surface area contributed by atoms with Gasteiger partial charge in [-0.05, 0) is 49.2 Å². The zero-order chi connectivity index (χ0) is 22.7. The number of carbonyl (C=O) groups is 1. The Labute approximate surface area is 194 Å². The molecule has 4 rings (SSSR count). The maximum absolute atomic E-state index is 12.5. The summed E-state index contributed by atoms with van der Waals surface area (Å²) in [7, 11) is 0. The third-order valence-corrected chi connectivity index (χ3v) is 5.25. The number of benzene rings is 2. The number of hydrogen-bond donors (Lipinski definition) is 1. The first kappa shape index (κ1) is 21.9. The number of aromatic nitrogens is 5. The standard InChI is InChI=1S/C22H20Cl2N6O2/c1-14-3-6-20(15(2)9-14)32-13-29-8-7-19(27-29)21(31)26-22-25-12-30(28-22)11-16-4-5-17(23)10-18(16)24/h3-10,12H,11,13H2,1-2H3,(H,26,28,31). The van der Waals surface area contributed by atoms with E-state index < -0.39 is 5.91 Å². The Balaban J connectivity index is 1.35. The molecule has 0 bridgehead atoms. The molecule has 0 atom stereocenters. The van der Waals surface area contributed by atoms with Crippen LogP contribution in [0.3, 0.4) is 0 Å². The molecule has 0 saturated heterocycles.